The quantitative estimate of drug-likeness (QED) is 0.500. The van der Waals surface area contributed by atoms with Gasteiger partial charge in [-0.15, -0.1) is 0 Å². The number of carbonyl (C=O) groups excluding carboxylic acids is 1. The van der Waals surface area contributed by atoms with E-state index in [2.05, 4.69) is 24.4 Å². The van der Waals surface area contributed by atoms with E-state index in [1.54, 1.807) is 4.90 Å². The van der Waals surface area contributed by atoms with E-state index in [-0.39, 0.29) is 12.8 Å². The number of rotatable bonds is 9. The summed E-state index contributed by atoms with van der Waals surface area (Å²) in [4.78, 5) is 14.6. The lowest BCUT2D eigenvalue weighted by Crippen LogP contribution is -2.40. The van der Waals surface area contributed by atoms with Crippen molar-refractivity contribution in [1.29, 1.82) is 0 Å². The first kappa shape index (κ1) is 20.5. The minimum Gasteiger partial charge on any atom is -0.473 e. The summed E-state index contributed by atoms with van der Waals surface area (Å²) < 4.78 is 5.70. The molecule has 0 aliphatic rings. The van der Waals surface area contributed by atoms with Gasteiger partial charge < -0.3 is 15.0 Å². The number of ether oxygens (including phenoxy) is 1. The van der Waals surface area contributed by atoms with Crippen molar-refractivity contribution < 1.29 is 9.53 Å². The summed E-state index contributed by atoms with van der Waals surface area (Å²) in [7, 11) is 0. The molecule has 0 fully saturated rings. The smallest absolute Gasteiger partial charge is 0.320 e. The average Bonchev–Trinajstić information content (AvgIpc) is 2.76. The first-order chi connectivity index (χ1) is 14.2. The van der Waals surface area contributed by atoms with Crippen LogP contribution in [0.15, 0.2) is 84.9 Å². The van der Waals surface area contributed by atoms with Crippen molar-refractivity contribution >= 4 is 6.03 Å². The number of nitrogens with one attached hydrogen (secondary N) is 1. The Balaban J connectivity index is 1.58. The average molecular weight is 389 g/mol. The van der Waals surface area contributed by atoms with Gasteiger partial charge in [-0.05, 0) is 35.2 Å². The van der Waals surface area contributed by atoms with E-state index in [9.17, 15) is 4.79 Å². The first-order valence-corrected chi connectivity index (χ1v) is 10.1. The molecule has 0 radical (unpaired) electrons. The Morgan fingerprint density at radius 3 is 1.86 bits per heavy atom. The topological polar surface area (TPSA) is 41.6 Å². The van der Waals surface area contributed by atoms with E-state index in [0.29, 0.717) is 13.1 Å². The van der Waals surface area contributed by atoms with Gasteiger partial charge in [0.1, 0.15) is 5.75 Å². The zero-order valence-electron chi connectivity index (χ0n) is 16.9. The summed E-state index contributed by atoms with van der Waals surface area (Å²) in [5.41, 5.74) is 3.47. The predicted molar refractivity (Wildman–Crippen MR) is 117 cm³/mol. The minimum atomic E-state index is -0.152. The van der Waals surface area contributed by atoms with Gasteiger partial charge in [0.15, 0.2) is 6.73 Å². The van der Waals surface area contributed by atoms with Crippen LogP contribution in [-0.4, -0.2) is 17.7 Å². The normalized spacial score (nSPS) is 10.4. The number of benzene rings is 3. The van der Waals surface area contributed by atoms with Gasteiger partial charge in [0.25, 0.3) is 0 Å². The van der Waals surface area contributed by atoms with E-state index in [1.807, 2.05) is 72.8 Å². The molecule has 0 unspecified atom stereocenters. The van der Waals surface area contributed by atoms with E-state index in [4.69, 9.17) is 4.74 Å². The SMILES string of the molecule is CCCc1ccc(OCNC(=O)N(Cc2ccccc2)Cc2ccccc2)cc1. The van der Waals surface area contributed by atoms with Crippen LogP contribution in [0.25, 0.3) is 0 Å². The second-order valence-corrected chi connectivity index (χ2v) is 6.99. The molecule has 0 heterocycles. The molecule has 0 atom stereocenters. The number of urea groups is 1. The fourth-order valence-electron chi connectivity index (χ4n) is 3.14. The molecular weight excluding hydrogens is 360 g/mol. The van der Waals surface area contributed by atoms with Gasteiger partial charge in [0, 0.05) is 13.1 Å². The summed E-state index contributed by atoms with van der Waals surface area (Å²) in [5, 5.41) is 2.88. The van der Waals surface area contributed by atoms with Gasteiger partial charge >= 0.3 is 6.03 Å². The first-order valence-electron chi connectivity index (χ1n) is 10.1. The summed E-state index contributed by atoms with van der Waals surface area (Å²) in [6.45, 7) is 3.36. The number of carbonyl (C=O) groups is 1. The van der Waals surface area contributed by atoms with Gasteiger partial charge in [0.2, 0.25) is 0 Å². The number of amides is 2. The van der Waals surface area contributed by atoms with Crippen molar-refractivity contribution in [3.63, 3.8) is 0 Å². The molecule has 0 saturated carbocycles. The second kappa shape index (κ2) is 10.9. The molecule has 4 heteroatoms. The fourth-order valence-corrected chi connectivity index (χ4v) is 3.14. The lowest BCUT2D eigenvalue weighted by Gasteiger charge is -2.23. The molecule has 2 amide bonds. The molecular formula is C25H28N2O2. The monoisotopic (exact) mass is 388 g/mol. The molecule has 3 aromatic rings. The number of hydrogen-bond donors (Lipinski definition) is 1. The van der Waals surface area contributed by atoms with Crippen molar-refractivity contribution in [3.05, 3.63) is 102 Å². The van der Waals surface area contributed by atoms with Crippen molar-refractivity contribution in [1.82, 2.24) is 10.2 Å². The van der Waals surface area contributed by atoms with Crippen LogP contribution in [0.2, 0.25) is 0 Å². The Bertz CT molecular complexity index is 823. The molecule has 0 saturated heterocycles. The maximum absolute atomic E-state index is 12.8. The number of nitrogens with zero attached hydrogens (tertiary/aromatic N) is 1. The predicted octanol–water partition coefficient (Wildman–Crippen LogP) is 5.39. The Morgan fingerprint density at radius 1 is 0.793 bits per heavy atom. The molecule has 0 aliphatic carbocycles. The highest BCUT2D eigenvalue weighted by molar-refractivity contribution is 5.74. The summed E-state index contributed by atoms with van der Waals surface area (Å²) >= 11 is 0. The molecule has 4 nitrogen and oxygen atoms in total. The molecule has 29 heavy (non-hydrogen) atoms. The summed E-state index contributed by atoms with van der Waals surface area (Å²) in [5.74, 6) is 0.753. The number of aryl methyl sites for hydroxylation is 1. The fraction of sp³-hybridized carbons (Fsp3) is 0.240. The van der Waals surface area contributed by atoms with E-state index >= 15 is 0 Å². The largest absolute Gasteiger partial charge is 0.473 e. The van der Waals surface area contributed by atoms with Crippen LogP contribution in [0.5, 0.6) is 5.75 Å². The van der Waals surface area contributed by atoms with Gasteiger partial charge in [-0.1, -0.05) is 86.1 Å². The maximum Gasteiger partial charge on any atom is 0.320 e. The lowest BCUT2D eigenvalue weighted by molar-refractivity contribution is 0.179. The maximum atomic E-state index is 12.8. The van der Waals surface area contributed by atoms with E-state index in [0.717, 1.165) is 29.7 Å². The van der Waals surface area contributed by atoms with Gasteiger partial charge in [-0.3, -0.25) is 0 Å². The third-order valence-corrected chi connectivity index (χ3v) is 4.64. The standard InChI is InChI=1S/C25H28N2O2/c1-2-9-21-14-16-24(17-15-21)29-20-26-25(28)27(18-22-10-5-3-6-11-22)19-23-12-7-4-8-13-23/h3-8,10-17H,2,9,18-20H2,1H3,(H,26,28). The van der Waals surface area contributed by atoms with Crippen LogP contribution in [0.4, 0.5) is 4.79 Å². The Labute approximate surface area is 173 Å². The van der Waals surface area contributed by atoms with Crippen molar-refractivity contribution in [2.75, 3.05) is 6.73 Å². The molecule has 0 aliphatic heterocycles. The second-order valence-electron chi connectivity index (χ2n) is 6.99. The Morgan fingerprint density at radius 2 is 1.34 bits per heavy atom. The minimum absolute atomic E-state index is 0.131. The van der Waals surface area contributed by atoms with Crippen LogP contribution in [-0.2, 0) is 19.5 Å². The summed E-state index contributed by atoms with van der Waals surface area (Å²) in [6, 6.07) is 27.9. The molecule has 3 rings (SSSR count). The molecule has 3 aromatic carbocycles. The highest BCUT2D eigenvalue weighted by atomic mass is 16.5. The van der Waals surface area contributed by atoms with Gasteiger partial charge in [-0.2, -0.15) is 0 Å². The molecule has 150 valence electrons. The van der Waals surface area contributed by atoms with Crippen LogP contribution >= 0.6 is 0 Å². The molecule has 0 aromatic heterocycles. The van der Waals surface area contributed by atoms with Crippen LogP contribution in [0.3, 0.4) is 0 Å². The molecule has 0 bridgehead atoms. The highest BCUT2D eigenvalue weighted by Crippen LogP contribution is 2.14. The Hall–Kier alpha value is -3.27. The van der Waals surface area contributed by atoms with Gasteiger partial charge in [0.05, 0.1) is 0 Å². The van der Waals surface area contributed by atoms with Crippen LogP contribution in [0.1, 0.15) is 30.0 Å². The third kappa shape index (κ3) is 6.68. The lowest BCUT2D eigenvalue weighted by atomic mass is 10.1. The number of hydrogen-bond acceptors (Lipinski definition) is 2. The molecule has 0 spiro atoms. The third-order valence-electron chi connectivity index (χ3n) is 4.64. The highest BCUT2D eigenvalue weighted by Gasteiger charge is 2.14. The van der Waals surface area contributed by atoms with Crippen molar-refractivity contribution in [2.24, 2.45) is 0 Å². The van der Waals surface area contributed by atoms with Crippen molar-refractivity contribution in [2.45, 2.75) is 32.9 Å². The summed E-state index contributed by atoms with van der Waals surface area (Å²) in [6.07, 6.45) is 2.18. The van der Waals surface area contributed by atoms with E-state index in [1.165, 1.54) is 5.56 Å². The Kier molecular flexibility index (Phi) is 7.70. The molecule has 1 N–H and O–H groups in total. The van der Waals surface area contributed by atoms with Crippen LogP contribution < -0.4 is 10.1 Å². The van der Waals surface area contributed by atoms with Crippen molar-refractivity contribution in [3.8, 4) is 5.75 Å². The van der Waals surface area contributed by atoms with E-state index < -0.39 is 0 Å². The zero-order chi connectivity index (χ0) is 20.3. The zero-order valence-corrected chi connectivity index (χ0v) is 16.9. The van der Waals surface area contributed by atoms with Gasteiger partial charge in [-0.25, -0.2) is 4.79 Å². The van der Waals surface area contributed by atoms with Crippen LogP contribution in [0, 0.1) is 0 Å².